The molecule has 0 saturated carbocycles. The van der Waals surface area contributed by atoms with Crippen LogP contribution in [0, 0.1) is 5.92 Å². The maximum absolute atomic E-state index is 12.7. The van der Waals surface area contributed by atoms with E-state index in [1.165, 1.54) is 7.11 Å². The molecular weight excluding hydrogens is 322 g/mol. The molecule has 0 spiro atoms. The summed E-state index contributed by atoms with van der Waals surface area (Å²) in [6.45, 7) is 4.19. The minimum atomic E-state index is -0.661. The monoisotopic (exact) mass is 341 g/mol. The zero-order valence-corrected chi connectivity index (χ0v) is 14.0. The topological polar surface area (TPSA) is 73.9 Å². The van der Waals surface area contributed by atoms with Gasteiger partial charge in [0.2, 0.25) is 6.79 Å². The molecule has 1 aliphatic carbocycles. The third-order valence-corrected chi connectivity index (χ3v) is 5.00. The summed E-state index contributed by atoms with van der Waals surface area (Å²) in [4.78, 5) is 25.1. The van der Waals surface area contributed by atoms with Crippen molar-refractivity contribution >= 4 is 11.8 Å². The molecule has 6 nitrogen and oxygen atoms in total. The molecule has 0 saturated heterocycles. The number of carbonyl (C=O) groups excluding carboxylic acids is 2. The summed E-state index contributed by atoms with van der Waals surface area (Å²) >= 11 is 0. The molecule has 1 aromatic carbocycles. The zero-order valence-electron chi connectivity index (χ0n) is 14.0. The average molecular weight is 341 g/mol. The molecule has 3 aliphatic rings. The summed E-state index contributed by atoms with van der Waals surface area (Å²) in [5.41, 5.74) is 2.91. The van der Waals surface area contributed by atoms with Crippen LogP contribution in [0.2, 0.25) is 0 Å². The fraction of sp³-hybridized carbons (Fsp3) is 0.368. The summed E-state index contributed by atoms with van der Waals surface area (Å²) in [6, 6.07) is 5.53. The van der Waals surface area contributed by atoms with Gasteiger partial charge in [-0.25, -0.2) is 0 Å². The van der Waals surface area contributed by atoms with Gasteiger partial charge in [-0.05, 0) is 30.5 Å². The number of hydrogen-bond acceptors (Lipinski definition) is 6. The number of esters is 1. The SMILES string of the molecule is C=C1NC2=C(C(=O)CCC2)C(c2ccc3c(c2)OCO3)C1C(=O)OC. The highest BCUT2D eigenvalue weighted by Crippen LogP contribution is 2.46. The van der Waals surface area contributed by atoms with Crippen LogP contribution >= 0.6 is 0 Å². The Kier molecular flexibility index (Phi) is 3.75. The Labute approximate surface area is 145 Å². The van der Waals surface area contributed by atoms with Gasteiger partial charge in [0.1, 0.15) is 5.92 Å². The first kappa shape index (κ1) is 15.7. The second kappa shape index (κ2) is 5.95. The second-order valence-corrected chi connectivity index (χ2v) is 6.41. The van der Waals surface area contributed by atoms with Crippen LogP contribution in [0.15, 0.2) is 41.7 Å². The summed E-state index contributed by atoms with van der Waals surface area (Å²) in [5, 5.41) is 3.17. The van der Waals surface area contributed by atoms with Crippen LogP contribution in [-0.2, 0) is 14.3 Å². The maximum atomic E-state index is 12.7. The summed E-state index contributed by atoms with van der Waals surface area (Å²) in [5.74, 6) is -0.154. The molecule has 1 N–H and O–H groups in total. The van der Waals surface area contributed by atoms with Gasteiger partial charge in [-0.2, -0.15) is 0 Å². The number of ketones is 1. The van der Waals surface area contributed by atoms with Crippen LogP contribution in [0.25, 0.3) is 0 Å². The summed E-state index contributed by atoms with van der Waals surface area (Å²) < 4.78 is 15.8. The number of ether oxygens (including phenoxy) is 3. The highest BCUT2D eigenvalue weighted by atomic mass is 16.7. The number of fused-ring (bicyclic) bond motifs is 1. The van der Waals surface area contributed by atoms with Gasteiger partial charge in [0.15, 0.2) is 17.3 Å². The van der Waals surface area contributed by atoms with Crippen LogP contribution in [0.4, 0.5) is 0 Å². The van der Waals surface area contributed by atoms with Crippen LogP contribution in [0.3, 0.4) is 0 Å². The molecule has 0 aromatic heterocycles. The van der Waals surface area contributed by atoms with E-state index in [1.54, 1.807) is 0 Å². The number of nitrogens with one attached hydrogen (secondary N) is 1. The lowest BCUT2D eigenvalue weighted by atomic mass is 9.71. The Hall–Kier alpha value is -2.76. The third kappa shape index (κ3) is 2.49. The molecular formula is C19H19NO5. The second-order valence-electron chi connectivity index (χ2n) is 6.41. The fourth-order valence-electron chi connectivity index (χ4n) is 3.86. The molecule has 2 atom stereocenters. The molecule has 0 radical (unpaired) electrons. The van der Waals surface area contributed by atoms with E-state index in [0.717, 1.165) is 24.1 Å². The Morgan fingerprint density at radius 1 is 1.28 bits per heavy atom. The molecule has 2 heterocycles. The quantitative estimate of drug-likeness (QED) is 0.833. The average Bonchev–Trinajstić information content (AvgIpc) is 3.07. The van der Waals surface area contributed by atoms with Crippen molar-refractivity contribution < 1.29 is 23.8 Å². The van der Waals surface area contributed by atoms with E-state index >= 15 is 0 Å². The number of Topliss-reactive ketones (excluding diaryl/α,β-unsaturated/α-hetero) is 1. The lowest BCUT2D eigenvalue weighted by molar-refractivity contribution is -0.144. The minimum Gasteiger partial charge on any atom is -0.468 e. The predicted molar refractivity (Wildman–Crippen MR) is 89.0 cm³/mol. The largest absolute Gasteiger partial charge is 0.468 e. The van der Waals surface area contributed by atoms with Crippen molar-refractivity contribution in [3.63, 3.8) is 0 Å². The number of carbonyl (C=O) groups is 2. The van der Waals surface area contributed by atoms with Crippen LogP contribution in [0.1, 0.15) is 30.7 Å². The molecule has 130 valence electrons. The molecule has 6 heteroatoms. The highest BCUT2D eigenvalue weighted by Gasteiger charge is 2.44. The van der Waals surface area contributed by atoms with E-state index in [0.29, 0.717) is 29.2 Å². The van der Waals surface area contributed by atoms with Crippen molar-refractivity contribution in [2.45, 2.75) is 25.2 Å². The number of benzene rings is 1. The Bertz CT molecular complexity index is 810. The molecule has 0 bridgehead atoms. The van der Waals surface area contributed by atoms with Gasteiger partial charge in [-0.15, -0.1) is 0 Å². The number of rotatable bonds is 2. The molecule has 0 amide bonds. The van der Waals surface area contributed by atoms with Gasteiger partial charge in [0.05, 0.1) is 7.11 Å². The van der Waals surface area contributed by atoms with Crippen LogP contribution in [-0.4, -0.2) is 25.7 Å². The smallest absolute Gasteiger partial charge is 0.315 e. The van der Waals surface area contributed by atoms with Crippen molar-refractivity contribution in [2.75, 3.05) is 13.9 Å². The molecule has 25 heavy (non-hydrogen) atoms. The molecule has 4 rings (SSSR count). The highest BCUT2D eigenvalue weighted by molar-refractivity contribution is 6.00. The summed E-state index contributed by atoms with van der Waals surface area (Å²) in [7, 11) is 1.35. The fourth-order valence-corrected chi connectivity index (χ4v) is 3.86. The van der Waals surface area contributed by atoms with Gasteiger partial charge in [0.25, 0.3) is 0 Å². The van der Waals surface area contributed by atoms with Crippen molar-refractivity contribution in [3.8, 4) is 11.5 Å². The van der Waals surface area contributed by atoms with Gasteiger partial charge in [-0.1, -0.05) is 12.6 Å². The van der Waals surface area contributed by atoms with Crippen LogP contribution < -0.4 is 14.8 Å². The van der Waals surface area contributed by atoms with Gasteiger partial charge in [0, 0.05) is 29.3 Å². The standard InChI is InChI=1S/C19H19NO5/c1-10-16(19(22)23-2)17(18-12(20-10)4-3-5-13(18)21)11-6-7-14-15(8-11)25-9-24-14/h6-8,16-17,20H,1,3-5,9H2,2H3. The normalized spacial score (nSPS) is 24.7. The first-order valence-corrected chi connectivity index (χ1v) is 8.29. The number of allylic oxidation sites excluding steroid dienone is 2. The lowest BCUT2D eigenvalue weighted by Crippen LogP contribution is -2.40. The van der Waals surface area contributed by atoms with Crippen molar-refractivity contribution in [2.24, 2.45) is 5.92 Å². The van der Waals surface area contributed by atoms with E-state index in [4.69, 9.17) is 14.2 Å². The van der Waals surface area contributed by atoms with Crippen molar-refractivity contribution in [1.29, 1.82) is 0 Å². The van der Waals surface area contributed by atoms with E-state index in [1.807, 2.05) is 18.2 Å². The molecule has 1 aromatic rings. The predicted octanol–water partition coefficient (Wildman–Crippen LogP) is 2.41. The Balaban J connectivity index is 1.87. The molecule has 2 aliphatic heterocycles. The first-order chi connectivity index (χ1) is 12.1. The third-order valence-electron chi connectivity index (χ3n) is 5.00. The maximum Gasteiger partial charge on any atom is 0.315 e. The zero-order chi connectivity index (χ0) is 17.6. The van der Waals surface area contributed by atoms with E-state index < -0.39 is 17.8 Å². The van der Waals surface area contributed by atoms with Gasteiger partial charge in [-0.3, -0.25) is 9.59 Å². The first-order valence-electron chi connectivity index (χ1n) is 8.29. The van der Waals surface area contributed by atoms with Crippen molar-refractivity contribution in [1.82, 2.24) is 5.32 Å². The van der Waals surface area contributed by atoms with E-state index in [-0.39, 0.29) is 12.6 Å². The molecule has 2 unspecified atom stereocenters. The Morgan fingerprint density at radius 3 is 2.88 bits per heavy atom. The van der Waals surface area contributed by atoms with E-state index in [2.05, 4.69) is 11.9 Å². The minimum absolute atomic E-state index is 0.0674. The van der Waals surface area contributed by atoms with Gasteiger partial charge >= 0.3 is 5.97 Å². The van der Waals surface area contributed by atoms with E-state index in [9.17, 15) is 9.59 Å². The van der Waals surface area contributed by atoms with Crippen LogP contribution in [0.5, 0.6) is 11.5 Å². The summed E-state index contributed by atoms with van der Waals surface area (Å²) in [6.07, 6.45) is 2.06. The lowest BCUT2D eigenvalue weighted by Gasteiger charge is -2.38. The number of methoxy groups -OCH3 is 1. The molecule has 0 fully saturated rings. The van der Waals surface area contributed by atoms with Crippen molar-refractivity contribution in [3.05, 3.63) is 47.3 Å². The number of hydrogen-bond donors (Lipinski definition) is 1. The Morgan fingerprint density at radius 2 is 2.08 bits per heavy atom. The van der Waals surface area contributed by atoms with Gasteiger partial charge < -0.3 is 19.5 Å².